The van der Waals surface area contributed by atoms with E-state index in [4.69, 9.17) is 20.9 Å². The van der Waals surface area contributed by atoms with E-state index in [0.717, 1.165) is 39.3 Å². The van der Waals surface area contributed by atoms with Crippen LogP contribution in [0.15, 0.2) is 0 Å². The van der Waals surface area contributed by atoms with Crippen molar-refractivity contribution in [3.8, 4) is 0 Å². The third-order valence-corrected chi connectivity index (χ3v) is 4.03. The summed E-state index contributed by atoms with van der Waals surface area (Å²) < 4.78 is 10.1. The van der Waals surface area contributed by atoms with Gasteiger partial charge in [-0.05, 0) is 51.4 Å². The first-order valence-electron chi connectivity index (χ1n) is 8.47. The van der Waals surface area contributed by atoms with Gasteiger partial charge < -0.3 is 20.9 Å². The lowest BCUT2D eigenvalue weighted by atomic mass is 9.92. The van der Waals surface area contributed by atoms with Gasteiger partial charge >= 0.3 is 0 Å². The largest absolute Gasteiger partial charge is 0.381 e. The van der Waals surface area contributed by atoms with Crippen molar-refractivity contribution >= 4 is 0 Å². The van der Waals surface area contributed by atoms with Gasteiger partial charge in [0.15, 0.2) is 0 Å². The third kappa shape index (κ3) is 9.70. The lowest BCUT2D eigenvalue weighted by molar-refractivity contribution is 0.0967. The molecule has 20 heavy (non-hydrogen) atoms. The SMILES string of the molecule is C1CCOCC1.C1CCOCC1.N[C@H]1CCCC[C@@H]1N. The molecule has 4 nitrogen and oxygen atoms in total. The fourth-order valence-electron chi connectivity index (χ4n) is 2.56. The van der Waals surface area contributed by atoms with Crippen LogP contribution in [0.3, 0.4) is 0 Å². The van der Waals surface area contributed by atoms with Crippen molar-refractivity contribution in [1.29, 1.82) is 0 Å². The summed E-state index contributed by atoms with van der Waals surface area (Å²) in [5.74, 6) is 0. The molecule has 1 aliphatic carbocycles. The maximum Gasteiger partial charge on any atom is 0.0466 e. The van der Waals surface area contributed by atoms with Gasteiger partial charge in [0.25, 0.3) is 0 Å². The Balaban J connectivity index is 0.000000152. The van der Waals surface area contributed by atoms with Crippen molar-refractivity contribution in [1.82, 2.24) is 0 Å². The van der Waals surface area contributed by atoms with Gasteiger partial charge in [-0.15, -0.1) is 0 Å². The van der Waals surface area contributed by atoms with Gasteiger partial charge in [-0.25, -0.2) is 0 Å². The van der Waals surface area contributed by atoms with E-state index in [9.17, 15) is 0 Å². The predicted molar refractivity (Wildman–Crippen MR) is 83.8 cm³/mol. The van der Waals surface area contributed by atoms with E-state index in [2.05, 4.69) is 0 Å². The van der Waals surface area contributed by atoms with Crippen LogP contribution in [-0.4, -0.2) is 38.5 Å². The molecule has 0 unspecified atom stereocenters. The second kappa shape index (κ2) is 12.6. The minimum absolute atomic E-state index is 0.281. The van der Waals surface area contributed by atoms with Crippen molar-refractivity contribution in [3.63, 3.8) is 0 Å². The Kier molecular flexibility index (Phi) is 11.2. The Bertz CT molecular complexity index is 162. The number of hydrogen-bond acceptors (Lipinski definition) is 4. The fraction of sp³-hybridized carbons (Fsp3) is 1.00. The van der Waals surface area contributed by atoms with E-state index in [-0.39, 0.29) is 12.1 Å². The normalized spacial score (nSPS) is 30.3. The molecule has 2 atom stereocenters. The lowest BCUT2D eigenvalue weighted by Gasteiger charge is -2.24. The minimum Gasteiger partial charge on any atom is -0.381 e. The van der Waals surface area contributed by atoms with Gasteiger partial charge in [-0.2, -0.15) is 0 Å². The van der Waals surface area contributed by atoms with Gasteiger partial charge in [-0.1, -0.05) is 12.8 Å². The molecule has 120 valence electrons. The molecule has 2 heterocycles. The molecule has 4 N–H and O–H groups in total. The van der Waals surface area contributed by atoms with E-state index >= 15 is 0 Å². The molecule has 1 saturated carbocycles. The molecular formula is C16H34N2O2. The molecule has 2 aliphatic heterocycles. The van der Waals surface area contributed by atoms with Crippen LogP contribution in [0, 0.1) is 0 Å². The number of rotatable bonds is 0. The monoisotopic (exact) mass is 286 g/mol. The Morgan fingerprint density at radius 2 is 0.850 bits per heavy atom. The molecule has 3 rings (SSSR count). The van der Waals surface area contributed by atoms with Crippen molar-refractivity contribution in [2.75, 3.05) is 26.4 Å². The topological polar surface area (TPSA) is 70.5 Å². The smallest absolute Gasteiger partial charge is 0.0466 e. The van der Waals surface area contributed by atoms with E-state index < -0.39 is 0 Å². The standard InChI is InChI=1S/C6H14N2.2C5H10O/c7-5-3-1-2-4-6(5)8;2*1-2-4-6-5-3-1/h5-6H,1-4,7-8H2;2*1-5H2/t5-,6-;;/m0../s1. The minimum atomic E-state index is 0.281. The molecule has 3 aliphatic rings. The van der Waals surface area contributed by atoms with Crippen molar-refractivity contribution in [3.05, 3.63) is 0 Å². The predicted octanol–water partition coefficient (Wildman–Crippen LogP) is 2.59. The number of ether oxygens (including phenoxy) is 2. The van der Waals surface area contributed by atoms with Crippen LogP contribution in [0.1, 0.15) is 64.2 Å². The highest BCUT2D eigenvalue weighted by Gasteiger charge is 2.16. The van der Waals surface area contributed by atoms with Gasteiger partial charge in [0.2, 0.25) is 0 Å². The molecule has 0 aromatic rings. The molecule has 0 spiro atoms. The van der Waals surface area contributed by atoms with E-state index in [0.29, 0.717) is 0 Å². The Morgan fingerprint density at radius 1 is 0.500 bits per heavy atom. The summed E-state index contributed by atoms with van der Waals surface area (Å²) in [6, 6.07) is 0.562. The highest BCUT2D eigenvalue weighted by atomic mass is 16.5. The Morgan fingerprint density at radius 3 is 1.00 bits per heavy atom. The number of nitrogens with two attached hydrogens (primary N) is 2. The Labute approximate surface area is 124 Å². The first-order valence-corrected chi connectivity index (χ1v) is 8.47. The maximum absolute atomic E-state index is 5.65. The summed E-state index contributed by atoms with van der Waals surface area (Å²) in [6.07, 6.45) is 12.7. The zero-order valence-corrected chi connectivity index (χ0v) is 13.0. The van der Waals surface area contributed by atoms with Crippen LogP contribution in [0.5, 0.6) is 0 Å². The van der Waals surface area contributed by atoms with Crippen LogP contribution >= 0.6 is 0 Å². The van der Waals surface area contributed by atoms with Crippen LogP contribution < -0.4 is 11.5 Å². The van der Waals surface area contributed by atoms with E-state index in [1.165, 1.54) is 51.4 Å². The highest BCUT2D eigenvalue weighted by molar-refractivity contribution is 4.79. The Hall–Kier alpha value is -0.160. The maximum atomic E-state index is 5.65. The second-order valence-corrected chi connectivity index (χ2v) is 5.96. The van der Waals surface area contributed by atoms with E-state index in [1.54, 1.807) is 0 Å². The van der Waals surface area contributed by atoms with Crippen molar-refractivity contribution in [2.45, 2.75) is 76.3 Å². The highest BCUT2D eigenvalue weighted by Crippen LogP contribution is 2.14. The molecule has 0 amide bonds. The average molecular weight is 286 g/mol. The third-order valence-electron chi connectivity index (χ3n) is 4.03. The quantitative estimate of drug-likeness (QED) is 0.718. The molecular weight excluding hydrogens is 252 g/mol. The van der Waals surface area contributed by atoms with Crippen LogP contribution in [-0.2, 0) is 9.47 Å². The summed E-state index contributed by atoms with van der Waals surface area (Å²) in [7, 11) is 0. The average Bonchev–Trinajstić information content (AvgIpc) is 2.55. The molecule has 0 bridgehead atoms. The molecule has 0 radical (unpaired) electrons. The van der Waals surface area contributed by atoms with Gasteiger partial charge in [-0.3, -0.25) is 0 Å². The van der Waals surface area contributed by atoms with E-state index in [1.807, 2.05) is 0 Å². The zero-order chi connectivity index (χ0) is 14.5. The molecule has 0 aromatic carbocycles. The van der Waals surface area contributed by atoms with Gasteiger partial charge in [0.1, 0.15) is 0 Å². The molecule has 0 aromatic heterocycles. The van der Waals surface area contributed by atoms with Crippen LogP contribution in [0.2, 0.25) is 0 Å². The van der Waals surface area contributed by atoms with Gasteiger partial charge in [0.05, 0.1) is 0 Å². The van der Waals surface area contributed by atoms with Crippen molar-refractivity contribution < 1.29 is 9.47 Å². The first-order chi connectivity index (χ1) is 9.80. The fourth-order valence-corrected chi connectivity index (χ4v) is 2.56. The lowest BCUT2D eigenvalue weighted by Crippen LogP contribution is -2.43. The van der Waals surface area contributed by atoms with Crippen LogP contribution in [0.25, 0.3) is 0 Å². The van der Waals surface area contributed by atoms with Gasteiger partial charge in [0, 0.05) is 38.5 Å². The first kappa shape index (κ1) is 17.9. The zero-order valence-electron chi connectivity index (χ0n) is 13.0. The summed E-state index contributed by atoms with van der Waals surface area (Å²) >= 11 is 0. The molecule has 2 saturated heterocycles. The second-order valence-electron chi connectivity index (χ2n) is 5.96. The van der Waals surface area contributed by atoms with Crippen molar-refractivity contribution in [2.24, 2.45) is 11.5 Å². The summed E-state index contributed by atoms with van der Waals surface area (Å²) in [4.78, 5) is 0. The summed E-state index contributed by atoms with van der Waals surface area (Å²) in [6.45, 7) is 4.00. The molecule has 4 heteroatoms. The summed E-state index contributed by atoms with van der Waals surface area (Å²) in [5, 5.41) is 0. The van der Waals surface area contributed by atoms with Crippen LogP contribution in [0.4, 0.5) is 0 Å². The summed E-state index contributed by atoms with van der Waals surface area (Å²) in [5.41, 5.74) is 11.3. The number of hydrogen-bond donors (Lipinski definition) is 2. The molecule has 3 fully saturated rings.